The maximum absolute atomic E-state index is 12.8. The van der Waals surface area contributed by atoms with Crippen molar-refractivity contribution in [3.63, 3.8) is 0 Å². The summed E-state index contributed by atoms with van der Waals surface area (Å²) in [6.45, 7) is 4.74. The molecule has 5 nitrogen and oxygen atoms in total. The van der Waals surface area contributed by atoms with Gasteiger partial charge in [0, 0.05) is 45.0 Å². The molecule has 2 aromatic rings. The van der Waals surface area contributed by atoms with Gasteiger partial charge in [0.15, 0.2) is 0 Å². The molecule has 2 fully saturated rings. The number of aromatic hydroxyl groups is 1. The number of rotatable bonds is 3. The zero-order valence-electron chi connectivity index (χ0n) is 16.0. The third-order valence-electron chi connectivity index (χ3n) is 5.69. The van der Waals surface area contributed by atoms with Crippen LogP contribution in [0.1, 0.15) is 29.6 Å². The van der Waals surface area contributed by atoms with Gasteiger partial charge in [-0.25, -0.2) is 0 Å². The van der Waals surface area contributed by atoms with Gasteiger partial charge in [-0.1, -0.05) is 23.7 Å². The number of piperazine rings is 1. The van der Waals surface area contributed by atoms with E-state index in [2.05, 4.69) is 15.9 Å². The fraction of sp³-hybridized carbons (Fsp3) is 0.409. The molecular weight excluding hydrogens is 374 g/mol. The number of carbonyl (C=O) groups excluding carboxylic acids is 1. The van der Waals surface area contributed by atoms with E-state index in [0.29, 0.717) is 42.5 Å². The van der Waals surface area contributed by atoms with Gasteiger partial charge in [-0.15, -0.1) is 0 Å². The van der Waals surface area contributed by atoms with Gasteiger partial charge in [0.05, 0.1) is 16.3 Å². The highest BCUT2D eigenvalue weighted by Crippen LogP contribution is 2.33. The molecule has 2 aliphatic rings. The Hall–Kier alpha value is -2.40. The Morgan fingerprint density at radius 2 is 1.57 bits per heavy atom. The van der Waals surface area contributed by atoms with E-state index in [1.165, 1.54) is 24.9 Å². The lowest BCUT2D eigenvalue weighted by Crippen LogP contribution is -2.49. The third kappa shape index (κ3) is 3.90. The molecule has 0 aliphatic carbocycles. The van der Waals surface area contributed by atoms with Crippen LogP contribution in [0.5, 0.6) is 5.75 Å². The molecule has 2 aliphatic heterocycles. The predicted octanol–water partition coefficient (Wildman–Crippen LogP) is 4.00. The summed E-state index contributed by atoms with van der Waals surface area (Å²) in [6, 6.07) is 13.1. The highest BCUT2D eigenvalue weighted by atomic mass is 35.5. The van der Waals surface area contributed by atoms with Crippen LogP contribution in [0.3, 0.4) is 0 Å². The fourth-order valence-electron chi connectivity index (χ4n) is 4.07. The van der Waals surface area contributed by atoms with Crippen molar-refractivity contribution in [1.82, 2.24) is 4.90 Å². The number of piperidine rings is 1. The molecule has 2 saturated heterocycles. The Bertz CT molecular complexity index is 843. The summed E-state index contributed by atoms with van der Waals surface area (Å²) in [5, 5.41) is 10.9. The normalized spacial score (nSPS) is 17.7. The lowest BCUT2D eigenvalue weighted by atomic mass is 10.1. The highest BCUT2D eigenvalue weighted by molar-refractivity contribution is 6.33. The highest BCUT2D eigenvalue weighted by Gasteiger charge is 2.25. The molecule has 0 radical (unpaired) electrons. The second-order valence-corrected chi connectivity index (χ2v) is 7.89. The van der Waals surface area contributed by atoms with Crippen LogP contribution >= 0.6 is 11.6 Å². The molecule has 6 heteroatoms. The van der Waals surface area contributed by atoms with Crippen LogP contribution in [0.25, 0.3) is 0 Å². The Morgan fingerprint density at radius 3 is 2.29 bits per heavy atom. The van der Waals surface area contributed by atoms with Gasteiger partial charge >= 0.3 is 0 Å². The average Bonchev–Trinajstić information content (AvgIpc) is 2.75. The van der Waals surface area contributed by atoms with E-state index in [0.717, 1.165) is 18.8 Å². The summed E-state index contributed by atoms with van der Waals surface area (Å²) >= 11 is 6.18. The Kier molecular flexibility index (Phi) is 5.62. The van der Waals surface area contributed by atoms with Gasteiger partial charge < -0.3 is 19.8 Å². The SMILES string of the molecule is O=C(c1ccccc1Cl)N1CCN(c2cc(N3CCCCC3)ccc2O)CC1. The number of phenols is 1. The van der Waals surface area contributed by atoms with E-state index in [4.69, 9.17) is 11.6 Å². The minimum absolute atomic E-state index is 0.0310. The first-order valence-corrected chi connectivity index (χ1v) is 10.4. The van der Waals surface area contributed by atoms with E-state index in [9.17, 15) is 9.90 Å². The van der Waals surface area contributed by atoms with E-state index < -0.39 is 0 Å². The zero-order valence-corrected chi connectivity index (χ0v) is 16.7. The van der Waals surface area contributed by atoms with Crippen LogP contribution < -0.4 is 9.80 Å². The first-order valence-electron chi connectivity index (χ1n) is 10.0. The minimum atomic E-state index is -0.0310. The summed E-state index contributed by atoms with van der Waals surface area (Å²) < 4.78 is 0. The summed E-state index contributed by atoms with van der Waals surface area (Å²) in [5.74, 6) is 0.267. The lowest BCUT2D eigenvalue weighted by molar-refractivity contribution is 0.0747. The van der Waals surface area contributed by atoms with E-state index in [1.54, 1.807) is 18.2 Å². The van der Waals surface area contributed by atoms with Crippen LogP contribution in [-0.4, -0.2) is 55.2 Å². The molecule has 148 valence electrons. The predicted molar refractivity (Wildman–Crippen MR) is 114 cm³/mol. The van der Waals surface area contributed by atoms with Crippen LogP contribution in [0.4, 0.5) is 11.4 Å². The van der Waals surface area contributed by atoms with Crippen molar-refractivity contribution in [2.45, 2.75) is 19.3 Å². The minimum Gasteiger partial charge on any atom is -0.506 e. The molecule has 1 amide bonds. The first kappa shape index (κ1) is 18.9. The Morgan fingerprint density at radius 1 is 0.857 bits per heavy atom. The molecule has 28 heavy (non-hydrogen) atoms. The van der Waals surface area contributed by atoms with Gasteiger partial charge in [0.1, 0.15) is 5.75 Å². The molecule has 2 aromatic carbocycles. The molecule has 0 aromatic heterocycles. The Balaban J connectivity index is 1.45. The van der Waals surface area contributed by atoms with E-state index >= 15 is 0 Å². The fourth-order valence-corrected chi connectivity index (χ4v) is 4.29. The zero-order chi connectivity index (χ0) is 19.5. The average molecular weight is 400 g/mol. The third-order valence-corrected chi connectivity index (χ3v) is 6.02. The summed E-state index contributed by atoms with van der Waals surface area (Å²) in [5.41, 5.74) is 2.57. The van der Waals surface area contributed by atoms with E-state index in [-0.39, 0.29) is 5.91 Å². The second-order valence-electron chi connectivity index (χ2n) is 7.48. The number of amides is 1. The molecule has 4 rings (SSSR count). The first-order chi connectivity index (χ1) is 13.6. The summed E-state index contributed by atoms with van der Waals surface area (Å²) in [7, 11) is 0. The van der Waals surface area contributed by atoms with Gasteiger partial charge in [-0.2, -0.15) is 0 Å². The molecule has 2 heterocycles. The molecule has 0 spiro atoms. The van der Waals surface area contributed by atoms with Crippen molar-refractivity contribution in [2.75, 3.05) is 49.1 Å². The van der Waals surface area contributed by atoms with Crippen molar-refractivity contribution in [3.8, 4) is 5.75 Å². The molecule has 0 unspecified atom stereocenters. The van der Waals surface area contributed by atoms with Crippen molar-refractivity contribution >= 4 is 28.9 Å². The number of anilines is 2. The number of carbonyl (C=O) groups is 1. The van der Waals surface area contributed by atoms with Gasteiger partial charge in [0.25, 0.3) is 5.91 Å². The van der Waals surface area contributed by atoms with Gasteiger partial charge in [-0.05, 0) is 49.6 Å². The molecule has 0 saturated carbocycles. The van der Waals surface area contributed by atoms with Crippen molar-refractivity contribution in [3.05, 3.63) is 53.1 Å². The maximum atomic E-state index is 12.8. The quantitative estimate of drug-likeness (QED) is 0.847. The van der Waals surface area contributed by atoms with Crippen LogP contribution in [0.2, 0.25) is 5.02 Å². The van der Waals surface area contributed by atoms with E-state index in [1.807, 2.05) is 23.1 Å². The van der Waals surface area contributed by atoms with Crippen molar-refractivity contribution in [2.24, 2.45) is 0 Å². The molecule has 1 N–H and O–H groups in total. The van der Waals surface area contributed by atoms with Crippen LogP contribution in [0, 0.1) is 0 Å². The molecule has 0 atom stereocenters. The standard InChI is InChI=1S/C22H26ClN3O2/c23-19-7-3-2-6-18(19)22(28)26-14-12-25(13-15-26)20-16-17(8-9-21(20)27)24-10-4-1-5-11-24/h2-3,6-9,16,27H,1,4-5,10-15H2. The smallest absolute Gasteiger partial charge is 0.255 e. The number of benzene rings is 2. The number of phenolic OH excluding ortho intramolecular Hbond substituents is 1. The molecular formula is C22H26ClN3O2. The number of nitrogens with zero attached hydrogens (tertiary/aromatic N) is 3. The van der Waals surface area contributed by atoms with Gasteiger partial charge in [-0.3, -0.25) is 4.79 Å². The Labute approximate surface area is 171 Å². The number of hydrogen-bond donors (Lipinski definition) is 1. The maximum Gasteiger partial charge on any atom is 0.255 e. The lowest BCUT2D eigenvalue weighted by Gasteiger charge is -2.37. The van der Waals surface area contributed by atoms with Crippen molar-refractivity contribution in [1.29, 1.82) is 0 Å². The van der Waals surface area contributed by atoms with Crippen LogP contribution in [-0.2, 0) is 0 Å². The van der Waals surface area contributed by atoms with Crippen molar-refractivity contribution < 1.29 is 9.90 Å². The number of hydrogen-bond acceptors (Lipinski definition) is 4. The number of halogens is 1. The second kappa shape index (κ2) is 8.31. The molecule has 0 bridgehead atoms. The summed E-state index contributed by atoms with van der Waals surface area (Å²) in [6.07, 6.45) is 3.74. The van der Waals surface area contributed by atoms with Crippen LogP contribution in [0.15, 0.2) is 42.5 Å². The topological polar surface area (TPSA) is 47.0 Å². The largest absolute Gasteiger partial charge is 0.506 e. The monoisotopic (exact) mass is 399 g/mol. The summed E-state index contributed by atoms with van der Waals surface area (Å²) in [4.78, 5) is 19.2. The van der Waals surface area contributed by atoms with Gasteiger partial charge in [0.2, 0.25) is 0 Å².